The van der Waals surface area contributed by atoms with Gasteiger partial charge in [-0.3, -0.25) is 9.59 Å². The second kappa shape index (κ2) is 4.74. The molecule has 2 aromatic carbocycles. The summed E-state index contributed by atoms with van der Waals surface area (Å²) in [5.41, 5.74) is 0.469. The van der Waals surface area contributed by atoms with E-state index in [0.717, 1.165) is 6.07 Å². The first-order valence-corrected chi connectivity index (χ1v) is 6.07. The van der Waals surface area contributed by atoms with Gasteiger partial charge >= 0.3 is 0 Å². The van der Waals surface area contributed by atoms with Crippen LogP contribution in [0.4, 0.5) is 4.39 Å². The minimum atomic E-state index is -0.507. The largest absolute Gasteiger partial charge is 0.360 e. The van der Waals surface area contributed by atoms with Crippen molar-refractivity contribution in [3.8, 4) is 0 Å². The number of ketones is 1. The first kappa shape index (κ1) is 12.3. The maximum absolute atomic E-state index is 13.2. The zero-order valence-corrected chi connectivity index (χ0v) is 10.4. The smallest absolute Gasteiger partial charge is 0.200 e. The minimum Gasteiger partial charge on any atom is -0.360 e. The van der Waals surface area contributed by atoms with E-state index in [1.165, 1.54) is 18.3 Å². The van der Waals surface area contributed by atoms with Crippen LogP contribution in [0.5, 0.6) is 0 Å². The molecule has 0 aliphatic rings. The average Bonchev–Trinajstić information content (AvgIpc) is 2.48. The molecule has 0 bridgehead atoms. The highest BCUT2D eigenvalue weighted by Crippen LogP contribution is 2.12. The van der Waals surface area contributed by atoms with Crippen molar-refractivity contribution < 1.29 is 9.18 Å². The van der Waals surface area contributed by atoms with Crippen molar-refractivity contribution >= 4 is 16.7 Å². The highest BCUT2D eigenvalue weighted by molar-refractivity contribution is 6.09. The molecule has 0 unspecified atom stereocenters. The SMILES string of the molecule is O=C(c1ccccc1)c1c[nH]c2ccc(F)cc2c1=O. The summed E-state index contributed by atoms with van der Waals surface area (Å²) in [5, 5.41) is 0.173. The standard InChI is InChI=1S/C16H10FNO2/c17-11-6-7-14-12(8-11)16(20)13(9-18-14)15(19)10-4-2-1-3-5-10/h1-9H,(H,18,20). The lowest BCUT2D eigenvalue weighted by atomic mass is 10.0. The Balaban J connectivity index is 2.20. The van der Waals surface area contributed by atoms with E-state index >= 15 is 0 Å². The fraction of sp³-hybridized carbons (Fsp3) is 0. The number of benzene rings is 2. The molecule has 98 valence electrons. The molecular formula is C16H10FNO2. The molecule has 4 heteroatoms. The molecule has 0 aliphatic heterocycles. The Morgan fingerprint density at radius 2 is 1.80 bits per heavy atom. The summed E-state index contributed by atoms with van der Waals surface area (Å²) in [7, 11) is 0. The maximum Gasteiger partial charge on any atom is 0.200 e. The summed E-state index contributed by atoms with van der Waals surface area (Å²) in [6, 6.07) is 12.4. The van der Waals surface area contributed by atoms with Crippen molar-refractivity contribution in [3.05, 3.63) is 81.9 Å². The van der Waals surface area contributed by atoms with Gasteiger partial charge in [-0.25, -0.2) is 4.39 Å². The van der Waals surface area contributed by atoms with Crippen LogP contribution in [0.3, 0.4) is 0 Å². The Morgan fingerprint density at radius 3 is 2.55 bits per heavy atom. The number of carbonyl (C=O) groups excluding carboxylic acids is 1. The van der Waals surface area contributed by atoms with Gasteiger partial charge in [0.05, 0.1) is 5.56 Å². The average molecular weight is 267 g/mol. The highest BCUT2D eigenvalue weighted by Gasteiger charge is 2.14. The van der Waals surface area contributed by atoms with Gasteiger partial charge in [0, 0.05) is 22.7 Å². The van der Waals surface area contributed by atoms with Crippen LogP contribution in [0.15, 0.2) is 59.5 Å². The van der Waals surface area contributed by atoms with Gasteiger partial charge in [0.25, 0.3) is 0 Å². The predicted octanol–water partition coefficient (Wildman–Crippen LogP) is 2.90. The van der Waals surface area contributed by atoms with Gasteiger partial charge < -0.3 is 4.98 Å². The monoisotopic (exact) mass is 267 g/mol. The Morgan fingerprint density at radius 1 is 1.05 bits per heavy atom. The van der Waals surface area contributed by atoms with Gasteiger partial charge in [-0.15, -0.1) is 0 Å². The van der Waals surface area contributed by atoms with Crippen molar-refractivity contribution in [2.45, 2.75) is 0 Å². The lowest BCUT2D eigenvalue weighted by molar-refractivity contribution is 0.103. The molecule has 0 fully saturated rings. The number of fused-ring (bicyclic) bond motifs is 1. The van der Waals surface area contributed by atoms with Gasteiger partial charge in [0.15, 0.2) is 5.78 Å². The molecule has 1 aromatic heterocycles. The zero-order chi connectivity index (χ0) is 14.1. The molecule has 0 atom stereocenters. The number of pyridine rings is 1. The van der Waals surface area contributed by atoms with Gasteiger partial charge in [0.1, 0.15) is 5.82 Å². The van der Waals surface area contributed by atoms with Crippen molar-refractivity contribution in [1.82, 2.24) is 4.98 Å². The van der Waals surface area contributed by atoms with Crippen LogP contribution in [-0.4, -0.2) is 10.8 Å². The number of hydrogen-bond acceptors (Lipinski definition) is 2. The molecule has 0 saturated heterocycles. The van der Waals surface area contributed by atoms with Crippen molar-refractivity contribution in [3.63, 3.8) is 0 Å². The lowest BCUT2D eigenvalue weighted by Crippen LogP contribution is -2.16. The summed E-state index contributed by atoms with van der Waals surface area (Å²) in [5.74, 6) is -0.884. The molecule has 20 heavy (non-hydrogen) atoms. The molecule has 1 N–H and O–H groups in total. The Hall–Kier alpha value is -2.75. The van der Waals surface area contributed by atoms with Crippen molar-refractivity contribution in [2.75, 3.05) is 0 Å². The number of rotatable bonds is 2. The van der Waals surface area contributed by atoms with Crippen LogP contribution in [0, 0.1) is 5.82 Å². The predicted molar refractivity (Wildman–Crippen MR) is 74.4 cm³/mol. The van der Waals surface area contributed by atoms with E-state index < -0.39 is 11.2 Å². The third-order valence-electron chi connectivity index (χ3n) is 3.12. The molecular weight excluding hydrogens is 257 g/mol. The number of hydrogen-bond donors (Lipinski definition) is 1. The Labute approximate surface area is 113 Å². The fourth-order valence-electron chi connectivity index (χ4n) is 2.10. The minimum absolute atomic E-state index is 0.00861. The molecule has 0 radical (unpaired) electrons. The Kier molecular flexibility index (Phi) is 2.91. The van der Waals surface area contributed by atoms with Gasteiger partial charge in [-0.1, -0.05) is 30.3 Å². The number of carbonyl (C=O) groups is 1. The molecule has 3 nitrogen and oxygen atoms in total. The topological polar surface area (TPSA) is 49.9 Å². The van der Waals surface area contributed by atoms with E-state index in [1.54, 1.807) is 30.3 Å². The summed E-state index contributed by atoms with van der Waals surface area (Å²) < 4.78 is 13.2. The van der Waals surface area contributed by atoms with Gasteiger partial charge in [-0.2, -0.15) is 0 Å². The number of nitrogens with one attached hydrogen (secondary N) is 1. The van der Waals surface area contributed by atoms with E-state index in [1.807, 2.05) is 0 Å². The van der Waals surface area contributed by atoms with Crippen LogP contribution in [0.1, 0.15) is 15.9 Å². The second-order valence-corrected chi connectivity index (χ2v) is 4.42. The van der Waals surface area contributed by atoms with E-state index in [4.69, 9.17) is 0 Å². The number of halogens is 1. The van der Waals surface area contributed by atoms with Crippen LogP contribution in [0.25, 0.3) is 10.9 Å². The van der Waals surface area contributed by atoms with E-state index in [0.29, 0.717) is 11.1 Å². The number of aromatic nitrogens is 1. The van der Waals surface area contributed by atoms with Gasteiger partial charge in [0.2, 0.25) is 5.43 Å². The molecule has 3 rings (SSSR count). The fourth-order valence-corrected chi connectivity index (χ4v) is 2.10. The molecule has 0 amide bonds. The first-order valence-electron chi connectivity index (χ1n) is 6.07. The third-order valence-corrected chi connectivity index (χ3v) is 3.12. The maximum atomic E-state index is 13.2. The first-order chi connectivity index (χ1) is 9.66. The molecule has 3 aromatic rings. The highest BCUT2D eigenvalue weighted by atomic mass is 19.1. The zero-order valence-electron chi connectivity index (χ0n) is 10.4. The Bertz CT molecular complexity index is 853. The lowest BCUT2D eigenvalue weighted by Gasteiger charge is -2.03. The summed E-state index contributed by atoms with van der Waals surface area (Å²) in [6.07, 6.45) is 1.37. The summed E-state index contributed by atoms with van der Waals surface area (Å²) in [6.45, 7) is 0. The number of H-pyrrole nitrogens is 1. The number of aromatic amines is 1. The van der Waals surface area contributed by atoms with Crippen LogP contribution < -0.4 is 5.43 Å². The van der Waals surface area contributed by atoms with E-state index in [9.17, 15) is 14.0 Å². The van der Waals surface area contributed by atoms with E-state index in [-0.39, 0.29) is 16.7 Å². The quantitative estimate of drug-likeness (QED) is 0.726. The van der Waals surface area contributed by atoms with Crippen LogP contribution >= 0.6 is 0 Å². The van der Waals surface area contributed by atoms with Crippen molar-refractivity contribution in [1.29, 1.82) is 0 Å². The van der Waals surface area contributed by atoms with Crippen molar-refractivity contribution in [2.24, 2.45) is 0 Å². The summed E-state index contributed by atoms with van der Waals surface area (Å²) in [4.78, 5) is 27.4. The molecule has 0 aliphatic carbocycles. The third kappa shape index (κ3) is 2.01. The second-order valence-electron chi connectivity index (χ2n) is 4.42. The molecule has 0 saturated carbocycles. The van der Waals surface area contributed by atoms with Crippen LogP contribution in [-0.2, 0) is 0 Å². The van der Waals surface area contributed by atoms with E-state index in [2.05, 4.69) is 4.98 Å². The summed E-state index contributed by atoms with van der Waals surface area (Å²) >= 11 is 0. The normalized spacial score (nSPS) is 10.7. The van der Waals surface area contributed by atoms with Gasteiger partial charge in [-0.05, 0) is 18.2 Å². The molecule has 1 heterocycles. The van der Waals surface area contributed by atoms with Crippen LogP contribution in [0.2, 0.25) is 0 Å². The molecule has 0 spiro atoms.